The van der Waals surface area contributed by atoms with E-state index in [1.807, 2.05) is 17.0 Å². The molecule has 2 aromatic carbocycles. The van der Waals surface area contributed by atoms with Crippen molar-refractivity contribution in [1.82, 2.24) is 23.5 Å². The molecule has 232 valence electrons. The predicted octanol–water partition coefficient (Wildman–Crippen LogP) is 1.78. The molecule has 3 aromatic rings. The number of nitrogens with one attached hydrogen (secondary N) is 1. The van der Waals surface area contributed by atoms with Gasteiger partial charge in [0.05, 0.1) is 16.8 Å². The zero-order valence-corrected chi connectivity index (χ0v) is 26.1. The highest BCUT2D eigenvalue weighted by atomic mass is 32.2. The number of rotatable bonds is 11. The molecule has 0 amide bonds. The van der Waals surface area contributed by atoms with Crippen LogP contribution in [0.2, 0.25) is 0 Å². The van der Waals surface area contributed by atoms with E-state index in [0.29, 0.717) is 42.9 Å². The molecule has 0 spiro atoms. The lowest BCUT2D eigenvalue weighted by molar-refractivity contribution is 0.386. The normalized spacial score (nSPS) is 19.6. The maximum Gasteiger partial charge on any atom is 0.298 e. The standard InChI is InChI=1S/C29H37FN6O5S2/c1-33(2)43(40,41)25-12-10-24(11-13-25)36-20-23(5-4-14-31-27-19-26(27)21-6-8-22(30)9-7-21)32-28(29(36)37)34-15-17-35(18-16-34)42(3,38)39/h6-13,20,26-27,31H,4-5,14-19H2,1-3H3/t26-,27+/m0/s1. The third kappa shape index (κ3) is 7.15. The van der Waals surface area contributed by atoms with E-state index in [2.05, 4.69) is 5.32 Å². The molecule has 0 bridgehead atoms. The van der Waals surface area contributed by atoms with E-state index in [9.17, 15) is 26.0 Å². The van der Waals surface area contributed by atoms with Crippen LogP contribution in [0, 0.1) is 5.82 Å². The first-order chi connectivity index (χ1) is 20.3. The number of hydrogen-bond donors (Lipinski definition) is 1. The van der Waals surface area contributed by atoms with Gasteiger partial charge in [0, 0.05) is 64.1 Å². The second-order valence-electron chi connectivity index (χ2n) is 11.2. The number of aryl methyl sites for hydroxylation is 1. The monoisotopic (exact) mass is 632 g/mol. The van der Waals surface area contributed by atoms with Gasteiger partial charge < -0.3 is 10.2 Å². The molecule has 1 aliphatic carbocycles. The van der Waals surface area contributed by atoms with Gasteiger partial charge in [0.15, 0.2) is 5.82 Å². The van der Waals surface area contributed by atoms with Gasteiger partial charge in [-0.3, -0.25) is 9.36 Å². The highest BCUT2D eigenvalue weighted by molar-refractivity contribution is 7.89. The van der Waals surface area contributed by atoms with Gasteiger partial charge in [-0.05, 0) is 67.8 Å². The van der Waals surface area contributed by atoms with Crippen molar-refractivity contribution in [3.05, 3.63) is 82.2 Å². The fourth-order valence-corrected chi connectivity index (χ4v) is 7.05. The average molecular weight is 633 g/mol. The summed E-state index contributed by atoms with van der Waals surface area (Å²) in [6, 6.07) is 13.1. The minimum Gasteiger partial charge on any atom is -0.349 e. The number of anilines is 1. The van der Waals surface area contributed by atoms with Crippen molar-refractivity contribution in [1.29, 1.82) is 0 Å². The highest BCUT2D eigenvalue weighted by Gasteiger charge is 2.37. The van der Waals surface area contributed by atoms with Gasteiger partial charge in [-0.1, -0.05) is 12.1 Å². The lowest BCUT2D eigenvalue weighted by Crippen LogP contribution is -2.50. The van der Waals surface area contributed by atoms with Gasteiger partial charge >= 0.3 is 0 Å². The van der Waals surface area contributed by atoms with Crippen LogP contribution >= 0.6 is 0 Å². The molecule has 2 aliphatic rings. The maximum atomic E-state index is 13.7. The Labute approximate surface area is 252 Å². The minimum atomic E-state index is -3.63. The van der Waals surface area contributed by atoms with Crippen LogP contribution in [0.5, 0.6) is 0 Å². The number of benzene rings is 2. The average Bonchev–Trinajstić information content (AvgIpc) is 3.75. The Kier molecular flexibility index (Phi) is 9.05. The van der Waals surface area contributed by atoms with Crippen LogP contribution in [-0.4, -0.2) is 94.1 Å². The summed E-state index contributed by atoms with van der Waals surface area (Å²) in [5.74, 6) is 0.369. The molecule has 1 N–H and O–H groups in total. The van der Waals surface area contributed by atoms with Gasteiger partial charge in [0.25, 0.3) is 5.56 Å². The summed E-state index contributed by atoms with van der Waals surface area (Å²) < 4.78 is 66.3. The fraction of sp³-hybridized carbons (Fsp3) is 0.448. The molecule has 1 saturated carbocycles. The van der Waals surface area contributed by atoms with Crippen LogP contribution in [-0.2, 0) is 26.5 Å². The first-order valence-electron chi connectivity index (χ1n) is 14.2. The zero-order valence-electron chi connectivity index (χ0n) is 24.5. The molecular formula is C29H37FN6O5S2. The molecule has 2 atom stereocenters. The van der Waals surface area contributed by atoms with Crippen molar-refractivity contribution in [2.24, 2.45) is 0 Å². The summed E-state index contributed by atoms with van der Waals surface area (Å²) in [4.78, 5) is 20.3. The van der Waals surface area contributed by atoms with Crippen LogP contribution in [0.4, 0.5) is 10.2 Å². The first kappa shape index (κ1) is 31.3. The zero-order chi connectivity index (χ0) is 30.9. The van der Waals surface area contributed by atoms with E-state index < -0.39 is 20.0 Å². The summed E-state index contributed by atoms with van der Waals surface area (Å²) in [5, 5.41) is 3.55. The smallest absolute Gasteiger partial charge is 0.298 e. The maximum absolute atomic E-state index is 13.7. The number of nitrogens with zero attached hydrogens (tertiary/aromatic N) is 5. The summed E-state index contributed by atoms with van der Waals surface area (Å²) >= 11 is 0. The molecular weight excluding hydrogens is 595 g/mol. The Hall–Kier alpha value is -3.17. The van der Waals surface area contributed by atoms with Crippen molar-refractivity contribution in [3.8, 4) is 5.69 Å². The van der Waals surface area contributed by atoms with Gasteiger partial charge in [-0.25, -0.2) is 30.5 Å². The van der Waals surface area contributed by atoms with E-state index in [4.69, 9.17) is 4.98 Å². The number of aromatic nitrogens is 2. The van der Waals surface area contributed by atoms with E-state index >= 15 is 0 Å². The van der Waals surface area contributed by atoms with Crippen LogP contribution in [0.3, 0.4) is 0 Å². The van der Waals surface area contributed by atoms with Gasteiger partial charge in [-0.2, -0.15) is 4.31 Å². The third-order valence-corrected chi connectivity index (χ3v) is 11.1. The number of sulfonamides is 2. The Morgan fingerprint density at radius 3 is 2.23 bits per heavy atom. The van der Waals surface area contributed by atoms with E-state index in [0.717, 1.165) is 29.3 Å². The molecule has 2 fully saturated rings. The van der Waals surface area contributed by atoms with Crippen LogP contribution in [0.1, 0.15) is 30.0 Å². The molecule has 11 nitrogen and oxygen atoms in total. The van der Waals surface area contributed by atoms with Crippen LogP contribution in [0.25, 0.3) is 5.69 Å². The minimum absolute atomic E-state index is 0.116. The van der Waals surface area contributed by atoms with Crippen molar-refractivity contribution in [2.45, 2.75) is 36.1 Å². The van der Waals surface area contributed by atoms with Gasteiger partial charge in [0.2, 0.25) is 20.0 Å². The third-order valence-electron chi connectivity index (χ3n) is 7.94. The number of hydrogen-bond acceptors (Lipinski definition) is 8. The SMILES string of the molecule is CN(C)S(=O)(=O)c1ccc(-n2cc(CCCN[C@@H]3C[C@H]3c3ccc(F)cc3)nc(N3CCN(S(C)(=O)=O)CC3)c2=O)cc1. The summed E-state index contributed by atoms with van der Waals surface area (Å²) in [6.45, 7) is 1.89. The van der Waals surface area contributed by atoms with E-state index in [1.54, 1.807) is 18.3 Å². The van der Waals surface area contributed by atoms with Crippen molar-refractivity contribution in [3.63, 3.8) is 0 Å². The van der Waals surface area contributed by atoms with Crippen molar-refractivity contribution >= 4 is 25.9 Å². The van der Waals surface area contributed by atoms with E-state index in [-0.39, 0.29) is 35.2 Å². The van der Waals surface area contributed by atoms with Gasteiger partial charge in [0.1, 0.15) is 5.82 Å². The molecule has 0 radical (unpaired) electrons. The molecule has 1 saturated heterocycles. The highest BCUT2D eigenvalue weighted by Crippen LogP contribution is 2.40. The molecule has 14 heteroatoms. The number of piperazine rings is 1. The second kappa shape index (κ2) is 12.4. The topological polar surface area (TPSA) is 125 Å². The van der Waals surface area contributed by atoms with Crippen molar-refractivity contribution in [2.75, 3.05) is 58.0 Å². The number of halogens is 1. The Morgan fingerprint density at radius 2 is 1.63 bits per heavy atom. The summed E-state index contributed by atoms with van der Waals surface area (Å²) in [6.07, 6.45) is 5.21. The van der Waals surface area contributed by atoms with Gasteiger partial charge in [-0.15, -0.1) is 0 Å². The predicted molar refractivity (Wildman–Crippen MR) is 163 cm³/mol. The largest absolute Gasteiger partial charge is 0.349 e. The first-order valence-corrected chi connectivity index (χ1v) is 17.5. The summed E-state index contributed by atoms with van der Waals surface area (Å²) in [5.41, 5.74) is 1.95. The quantitative estimate of drug-likeness (QED) is 0.318. The Bertz CT molecular complexity index is 1720. The Morgan fingerprint density at radius 1 is 0.977 bits per heavy atom. The molecule has 0 unspecified atom stereocenters. The molecule has 2 heterocycles. The Balaban J connectivity index is 1.33. The fourth-order valence-electron chi connectivity index (χ4n) is 5.32. The molecule has 1 aliphatic heterocycles. The van der Waals surface area contributed by atoms with E-state index in [1.165, 1.54) is 53.5 Å². The molecule has 43 heavy (non-hydrogen) atoms. The lowest BCUT2D eigenvalue weighted by atomic mass is 10.1. The summed E-state index contributed by atoms with van der Waals surface area (Å²) in [7, 11) is -4.05. The molecule has 1 aromatic heterocycles. The van der Waals surface area contributed by atoms with Crippen LogP contribution < -0.4 is 15.8 Å². The lowest BCUT2D eigenvalue weighted by Gasteiger charge is -2.33. The second-order valence-corrected chi connectivity index (χ2v) is 15.4. The van der Waals surface area contributed by atoms with Crippen molar-refractivity contribution < 1.29 is 21.2 Å². The molecule has 5 rings (SSSR count). The van der Waals surface area contributed by atoms with Crippen LogP contribution in [0.15, 0.2) is 64.4 Å².